The zero-order valence-corrected chi connectivity index (χ0v) is 21.9. The minimum Gasteiger partial charge on any atom is -0.497 e. The van der Waals surface area contributed by atoms with Crippen molar-refractivity contribution in [1.29, 1.82) is 0 Å². The molecule has 1 aliphatic heterocycles. The van der Waals surface area contributed by atoms with E-state index in [-0.39, 0.29) is 17.9 Å². The monoisotopic (exact) mass is 497 g/mol. The Labute approximate surface area is 214 Å². The van der Waals surface area contributed by atoms with E-state index in [2.05, 4.69) is 10.2 Å². The van der Waals surface area contributed by atoms with E-state index in [9.17, 15) is 9.59 Å². The maximum atomic E-state index is 12.8. The molecule has 0 aromatic heterocycles. The smallest absolute Gasteiger partial charge is 0.237 e. The number of hydrogen-bond acceptors (Lipinski definition) is 6. The molecular weight excluding hydrogens is 458 g/mol. The summed E-state index contributed by atoms with van der Waals surface area (Å²) in [5.41, 5.74) is 2.19. The fourth-order valence-corrected chi connectivity index (χ4v) is 4.46. The molecule has 0 radical (unpaired) electrons. The van der Waals surface area contributed by atoms with Crippen molar-refractivity contribution in [3.8, 4) is 17.2 Å². The Morgan fingerprint density at radius 2 is 1.58 bits per heavy atom. The topological polar surface area (TPSA) is 80.3 Å². The molecule has 1 N–H and O–H groups in total. The molecule has 1 aliphatic rings. The number of aryl methyl sites for hydroxylation is 1. The first-order valence-electron chi connectivity index (χ1n) is 12.6. The van der Waals surface area contributed by atoms with Crippen LogP contribution < -0.4 is 19.5 Å². The highest BCUT2D eigenvalue weighted by atomic mass is 16.5. The Hall–Kier alpha value is -3.26. The standard InChI is InChI=1S/C28H39N3O5/c1-21(28(33)29-15-14-23-8-12-25(35-3)26(20-23)36-4)30-16-5-17-31(19-18-30)27(32)13-9-22-6-10-24(34-2)11-7-22/h6-8,10-12,20-21H,5,9,13-19H2,1-4H3,(H,29,33). The van der Waals surface area contributed by atoms with Crippen LogP contribution in [-0.4, -0.2) is 81.7 Å². The van der Waals surface area contributed by atoms with Gasteiger partial charge >= 0.3 is 0 Å². The third-order valence-corrected chi connectivity index (χ3v) is 6.76. The van der Waals surface area contributed by atoms with Crippen LogP contribution in [0.3, 0.4) is 0 Å². The number of carbonyl (C=O) groups is 2. The van der Waals surface area contributed by atoms with Crippen molar-refractivity contribution < 1.29 is 23.8 Å². The zero-order valence-electron chi connectivity index (χ0n) is 21.9. The number of hydrogen-bond donors (Lipinski definition) is 1. The largest absolute Gasteiger partial charge is 0.497 e. The van der Waals surface area contributed by atoms with Crippen LogP contribution in [0.4, 0.5) is 0 Å². The summed E-state index contributed by atoms with van der Waals surface area (Å²) in [5, 5.41) is 3.05. The summed E-state index contributed by atoms with van der Waals surface area (Å²) < 4.78 is 15.8. The fourth-order valence-electron chi connectivity index (χ4n) is 4.46. The number of methoxy groups -OCH3 is 3. The maximum Gasteiger partial charge on any atom is 0.237 e. The minimum absolute atomic E-state index is 0.00904. The third-order valence-electron chi connectivity index (χ3n) is 6.76. The number of carbonyl (C=O) groups excluding carboxylic acids is 2. The van der Waals surface area contributed by atoms with Crippen LogP contribution in [0.1, 0.15) is 30.9 Å². The van der Waals surface area contributed by atoms with Crippen LogP contribution in [0.25, 0.3) is 0 Å². The first-order valence-corrected chi connectivity index (χ1v) is 12.6. The van der Waals surface area contributed by atoms with E-state index >= 15 is 0 Å². The van der Waals surface area contributed by atoms with Gasteiger partial charge in [0.1, 0.15) is 5.75 Å². The maximum absolute atomic E-state index is 12.8. The van der Waals surface area contributed by atoms with Gasteiger partial charge in [-0.2, -0.15) is 0 Å². The van der Waals surface area contributed by atoms with Gasteiger partial charge in [-0.05, 0) is 61.6 Å². The van der Waals surface area contributed by atoms with Crippen LogP contribution in [0, 0.1) is 0 Å². The Bertz CT molecular complexity index is 995. The van der Waals surface area contributed by atoms with E-state index in [1.807, 2.05) is 54.3 Å². The zero-order chi connectivity index (χ0) is 25.9. The van der Waals surface area contributed by atoms with Crippen molar-refractivity contribution in [3.63, 3.8) is 0 Å². The van der Waals surface area contributed by atoms with Crippen molar-refractivity contribution in [2.24, 2.45) is 0 Å². The lowest BCUT2D eigenvalue weighted by molar-refractivity contribution is -0.131. The second-order valence-corrected chi connectivity index (χ2v) is 9.02. The number of amides is 2. The average Bonchev–Trinajstić information content (AvgIpc) is 3.18. The molecule has 1 heterocycles. The molecule has 1 fully saturated rings. The van der Waals surface area contributed by atoms with Crippen molar-refractivity contribution >= 4 is 11.8 Å². The van der Waals surface area contributed by atoms with Crippen LogP contribution in [0.2, 0.25) is 0 Å². The first-order chi connectivity index (χ1) is 17.4. The number of ether oxygens (including phenoxy) is 3. The predicted octanol–water partition coefficient (Wildman–Crippen LogP) is 2.93. The summed E-state index contributed by atoms with van der Waals surface area (Å²) >= 11 is 0. The van der Waals surface area contributed by atoms with Gasteiger partial charge in [-0.15, -0.1) is 0 Å². The van der Waals surface area contributed by atoms with Gasteiger partial charge in [0.15, 0.2) is 11.5 Å². The highest BCUT2D eigenvalue weighted by Crippen LogP contribution is 2.27. The van der Waals surface area contributed by atoms with E-state index in [4.69, 9.17) is 14.2 Å². The van der Waals surface area contributed by atoms with Gasteiger partial charge in [-0.25, -0.2) is 0 Å². The molecule has 1 atom stereocenters. The average molecular weight is 498 g/mol. The van der Waals surface area contributed by atoms with E-state index < -0.39 is 0 Å². The molecule has 0 aliphatic carbocycles. The van der Waals surface area contributed by atoms with Crippen molar-refractivity contribution in [2.75, 3.05) is 54.1 Å². The van der Waals surface area contributed by atoms with Gasteiger partial charge < -0.3 is 24.4 Å². The summed E-state index contributed by atoms with van der Waals surface area (Å²) in [5.74, 6) is 2.36. The Kier molecular flexibility index (Phi) is 10.4. The predicted molar refractivity (Wildman–Crippen MR) is 140 cm³/mol. The number of rotatable bonds is 11. The summed E-state index contributed by atoms with van der Waals surface area (Å²) in [6.45, 7) is 5.34. The Balaban J connectivity index is 1.42. The summed E-state index contributed by atoms with van der Waals surface area (Å²) in [6, 6.07) is 13.4. The van der Waals surface area contributed by atoms with Crippen LogP contribution in [0.15, 0.2) is 42.5 Å². The Morgan fingerprint density at radius 3 is 2.28 bits per heavy atom. The number of nitrogens with zero attached hydrogens (tertiary/aromatic N) is 2. The molecule has 8 heteroatoms. The molecule has 3 rings (SSSR count). The van der Waals surface area contributed by atoms with Crippen LogP contribution in [-0.2, 0) is 22.4 Å². The normalized spacial score (nSPS) is 15.1. The van der Waals surface area contributed by atoms with Gasteiger partial charge in [0.25, 0.3) is 0 Å². The number of nitrogens with one attached hydrogen (secondary N) is 1. The molecular formula is C28H39N3O5. The molecule has 2 amide bonds. The van der Waals surface area contributed by atoms with Gasteiger partial charge in [-0.3, -0.25) is 14.5 Å². The summed E-state index contributed by atoms with van der Waals surface area (Å²) in [6.07, 6.45) is 2.76. The lowest BCUT2D eigenvalue weighted by atomic mass is 10.1. The number of benzene rings is 2. The van der Waals surface area contributed by atoms with Crippen molar-refractivity contribution in [1.82, 2.24) is 15.1 Å². The van der Waals surface area contributed by atoms with Gasteiger partial charge in [-0.1, -0.05) is 18.2 Å². The van der Waals surface area contributed by atoms with Gasteiger partial charge in [0.05, 0.1) is 27.4 Å². The molecule has 36 heavy (non-hydrogen) atoms. The molecule has 0 saturated carbocycles. The second kappa shape index (κ2) is 13.7. The highest BCUT2D eigenvalue weighted by molar-refractivity contribution is 5.81. The summed E-state index contributed by atoms with van der Waals surface area (Å²) in [4.78, 5) is 29.7. The Morgan fingerprint density at radius 1 is 0.861 bits per heavy atom. The van der Waals surface area contributed by atoms with E-state index in [0.717, 1.165) is 36.4 Å². The molecule has 2 aromatic carbocycles. The molecule has 1 saturated heterocycles. The van der Waals surface area contributed by atoms with Gasteiger partial charge in [0.2, 0.25) is 11.8 Å². The summed E-state index contributed by atoms with van der Waals surface area (Å²) in [7, 11) is 4.87. The SMILES string of the molecule is COc1ccc(CCC(=O)N2CCCN(C(C)C(=O)NCCc3ccc(OC)c(OC)c3)CC2)cc1. The quantitative estimate of drug-likeness (QED) is 0.514. The fraction of sp³-hybridized carbons (Fsp3) is 0.500. The van der Waals surface area contributed by atoms with E-state index in [1.165, 1.54) is 0 Å². The van der Waals surface area contributed by atoms with Gasteiger partial charge in [0, 0.05) is 39.1 Å². The van der Waals surface area contributed by atoms with Crippen LogP contribution in [0.5, 0.6) is 17.2 Å². The van der Waals surface area contributed by atoms with E-state index in [1.54, 1.807) is 21.3 Å². The minimum atomic E-state index is -0.246. The molecule has 1 unspecified atom stereocenters. The lowest BCUT2D eigenvalue weighted by Gasteiger charge is -2.27. The van der Waals surface area contributed by atoms with Crippen molar-refractivity contribution in [2.45, 2.75) is 38.6 Å². The lowest BCUT2D eigenvalue weighted by Crippen LogP contribution is -2.47. The van der Waals surface area contributed by atoms with Crippen LogP contribution >= 0.6 is 0 Å². The molecule has 0 spiro atoms. The molecule has 196 valence electrons. The molecule has 8 nitrogen and oxygen atoms in total. The third kappa shape index (κ3) is 7.62. The first kappa shape index (κ1) is 27.3. The van der Waals surface area contributed by atoms with Crippen molar-refractivity contribution in [3.05, 3.63) is 53.6 Å². The van der Waals surface area contributed by atoms with E-state index in [0.29, 0.717) is 50.4 Å². The molecule has 0 bridgehead atoms. The second-order valence-electron chi connectivity index (χ2n) is 9.02. The highest BCUT2D eigenvalue weighted by Gasteiger charge is 2.25. The molecule has 2 aromatic rings.